The van der Waals surface area contributed by atoms with Gasteiger partial charge >= 0.3 is 0 Å². The Bertz CT molecular complexity index is 877. The quantitative estimate of drug-likeness (QED) is 0.494. The van der Waals surface area contributed by atoms with E-state index in [0.717, 1.165) is 21.4 Å². The van der Waals surface area contributed by atoms with Gasteiger partial charge in [0, 0.05) is 18.3 Å². The Hall–Kier alpha value is -2.33. The molecular formula is C18H15N2OS+. The van der Waals surface area contributed by atoms with Crippen LogP contribution in [0.3, 0.4) is 0 Å². The third-order valence-corrected chi connectivity index (χ3v) is 4.91. The second-order valence-electron chi connectivity index (χ2n) is 5.29. The van der Waals surface area contributed by atoms with Gasteiger partial charge in [0.05, 0.1) is 10.5 Å². The van der Waals surface area contributed by atoms with E-state index < -0.39 is 0 Å². The van der Waals surface area contributed by atoms with Gasteiger partial charge in [0.25, 0.3) is 0 Å². The maximum atomic E-state index is 6.04. The van der Waals surface area contributed by atoms with Gasteiger partial charge in [-0.3, -0.25) is 0 Å². The second kappa shape index (κ2) is 5.14. The van der Waals surface area contributed by atoms with Crippen molar-refractivity contribution in [2.75, 3.05) is 0 Å². The summed E-state index contributed by atoms with van der Waals surface area (Å²) in [4.78, 5) is 5.57. The van der Waals surface area contributed by atoms with Gasteiger partial charge in [-0.05, 0) is 36.8 Å². The highest BCUT2D eigenvalue weighted by atomic mass is 32.2. The lowest BCUT2D eigenvalue weighted by Gasteiger charge is -2.21. The van der Waals surface area contributed by atoms with Crippen LogP contribution in [0.1, 0.15) is 5.56 Å². The lowest BCUT2D eigenvalue weighted by atomic mass is 10.0. The Morgan fingerprint density at radius 2 is 1.95 bits per heavy atom. The summed E-state index contributed by atoms with van der Waals surface area (Å²) in [7, 11) is 2.06. The van der Waals surface area contributed by atoms with Crippen LogP contribution in [0, 0.1) is 6.92 Å². The zero-order valence-electron chi connectivity index (χ0n) is 12.4. The molecule has 108 valence electrons. The molecular weight excluding hydrogens is 292 g/mol. The van der Waals surface area contributed by atoms with Crippen molar-refractivity contribution in [1.82, 2.24) is 4.98 Å². The second-order valence-corrected chi connectivity index (χ2v) is 6.29. The van der Waals surface area contributed by atoms with Crippen LogP contribution in [0.5, 0.6) is 11.5 Å². The number of hydrogen-bond donors (Lipinski definition) is 0. The van der Waals surface area contributed by atoms with E-state index in [-0.39, 0.29) is 0 Å². The van der Waals surface area contributed by atoms with Crippen molar-refractivity contribution in [2.24, 2.45) is 7.05 Å². The average Bonchev–Trinajstić information content (AvgIpc) is 2.54. The molecule has 22 heavy (non-hydrogen) atoms. The van der Waals surface area contributed by atoms with Crippen molar-refractivity contribution < 1.29 is 9.30 Å². The van der Waals surface area contributed by atoms with E-state index in [4.69, 9.17) is 4.74 Å². The summed E-state index contributed by atoms with van der Waals surface area (Å²) >= 11 is 1.68. The predicted octanol–water partition coefficient (Wildman–Crippen LogP) is 4.14. The maximum absolute atomic E-state index is 6.04. The van der Waals surface area contributed by atoms with E-state index in [0.29, 0.717) is 0 Å². The number of fused-ring (bicyclic) bond motifs is 2. The molecule has 0 N–H and O–H groups in total. The first-order valence-electron chi connectivity index (χ1n) is 7.13. The molecule has 1 aliphatic rings. The molecule has 0 spiro atoms. The van der Waals surface area contributed by atoms with Crippen molar-refractivity contribution in [1.29, 1.82) is 0 Å². The minimum atomic E-state index is 0.826. The van der Waals surface area contributed by atoms with Gasteiger partial charge in [-0.15, -0.1) is 0 Å². The van der Waals surface area contributed by atoms with Crippen molar-refractivity contribution >= 4 is 11.8 Å². The molecule has 3 heterocycles. The fraction of sp³-hybridized carbons (Fsp3) is 0.111. The molecule has 0 atom stereocenters. The first-order valence-corrected chi connectivity index (χ1v) is 7.95. The predicted molar refractivity (Wildman–Crippen MR) is 86.2 cm³/mol. The number of aromatic nitrogens is 2. The van der Waals surface area contributed by atoms with E-state index in [9.17, 15) is 0 Å². The van der Waals surface area contributed by atoms with Crippen molar-refractivity contribution in [2.45, 2.75) is 16.8 Å². The Kier molecular flexibility index (Phi) is 3.12. The first kappa shape index (κ1) is 13.3. The highest BCUT2D eigenvalue weighted by Gasteiger charge is 2.26. The first-order chi connectivity index (χ1) is 10.7. The molecule has 3 nitrogen and oxygen atoms in total. The van der Waals surface area contributed by atoms with E-state index >= 15 is 0 Å². The number of benzene rings is 1. The van der Waals surface area contributed by atoms with Crippen LogP contribution < -0.4 is 9.30 Å². The molecule has 0 aliphatic carbocycles. The number of pyridine rings is 2. The SMILES string of the molecule is Cc1ccc2c(c1-c1cccc[n+]1C)Sc1ncccc1O2. The zero-order chi connectivity index (χ0) is 15.1. The summed E-state index contributed by atoms with van der Waals surface area (Å²) in [6.45, 7) is 2.14. The van der Waals surface area contributed by atoms with Crippen molar-refractivity contribution in [3.8, 4) is 22.8 Å². The Morgan fingerprint density at radius 3 is 2.82 bits per heavy atom. The largest absolute Gasteiger partial charge is 0.453 e. The molecule has 2 aromatic heterocycles. The standard InChI is InChI=1S/C18H15N2OS/c1-12-8-9-14-17(16(12)13-6-3-4-11-20(13)2)22-18-15(21-14)7-5-10-19-18/h3-11H,1-2H3/q+1. The van der Waals surface area contributed by atoms with Gasteiger partial charge in [-0.25, -0.2) is 9.55 Å². The molecule has 1 aliphatic heterocycles. The minimum Gasteiger partial charge on any atom is -0.453 e. The van der Waals surface area contributed by atoms with Crippen LogP contribution in [-0.4, -0.2) is 4.98 Å². The fourth-order valence-electron chi connectivity index (χ4n) is 2.69. The highest BCUT2D eigenvalue weighted by molar-refractivity contribution is 7.99. The number of aryl methyl sites for hydroxylation is 2. The Morgan fingerprint density at radius 1 is 1.05 bits per heavy atom. The molecule has 4 rings (SSSR count). The molecule has 1 aromatic carbocycles. The highest BCUT2D eigenvalue weighted by Crippen LogP contribution is 2.50. The molecule has 0 radical (unpaired) electrons. The summed E-state index contributed by atoms with van der Waals surface area (Å²) < 4.78 is 8.18. The normalized spacial score (nSPS) is 12.3. The molecule has 4 heteroatoms. The van der Waals surface area contributed by atoms with E-state index in [1.165, 1.54) is 16.8 Å². The van der Waals surface area contributed by atoms with Crippen LogP contribution in [0.2, 0.25) is 0 Å². The van der Waals surface area contributed by atoms with Crippen molar-refractivity contribution in [3.63, 3.8) is 0 Å². The minimum absolute atomic E-state index is 0.826. The molecule has 0 amide bonds. The molecule has 0 unspecified atom stereocenters. The van der Waals surface area contributed by atoms with Gasteiger partial charge in [-0.2, -0.15) is 0 Å². The monoisotopic (exact) mass is 307 g/mol. The zero-order valence-corrected chi connectivity index (χ0v) is 13.2. The Labute approximate surface area is 133 Å². The number of hydrogen-bond acceptors (Lipinski definition) is 3. The molecule has 0 fully saturated rings. The molecule has 0 saturated heterocycles. The van der Waals surface area contributed by atoms with E-state index in [1.807, 2.05) is 24.3 Å². The Balaban J connectivity index is 1.94. The van der Waals surface area contributed by atoms with Gasteiger partial charge in [0.2, 0.25) is 5.69 Å². The van der Waals surface area contributed by atoms with Crippen LogP contribution in [0.4, 0.5) is 0 Å². The third kappa shape index (κ3) is 2.07. The maximum Gasteiger partial charge on any atom is 0.213 e. The number of nitrogens with zero attached hydrogens (tertiary/aromatic N) is 2. The van der Waals surface area contributed by atoms with Crippen molar-refractivity contribution in [3.05, 3.63) is 60.4 Å². The summed E-state index contributed by atoms with van der Waals surface area (Å²) in [5.74, 6) is 1.72. The number of ether oxygens (including phenoxy) is 1. The lowest BCUT2D eigenvalue weighted by Crippen LogP contribution is -2.30. The van der Waals surface area contributed by atoms with E-state index in [2.05, 4.69) is 47.9 Å². The lowest BCUT2D eigenvalue weighted by molar-refractivity contribution is -0.660. The smallest absolute Gasteiger partial charge is 0.213 e. The van der Waals surface area contributed by atoms with E-state index in [1.54, 1.807) is 18.0 Å². The van der Waals surface area contributed by atoms with Crippen LogP contribution in [0.15, 0.2) is 64.8 Å². The van der Waals surface area contributed by atoms with Gasteiger partial charge in [0.1, 0.15) is 17.8 Å². The molecule has 0 bridgehead atoms. The van der Waals surface area contributed by atoms with Crippen LogP contribution >= 0.6 is 11.8 Å². The summed E-state index contributed by atoms with van der Waals surface area (Å²) in [6, 6.07) is 14.3. The number of rotatable bonds is 1. The van der Waals surface area contributed by atoms with Gasteiger partial charge in [0.15, 0.2) is 11.9 Å². The van der Waals surface area contributed by atoms with Gasteiger partial charge in [-0.1, -0.05) is 17.8 Å². The van der Waals surface area contributed by atoms with Crippen LogP contribution in [0.25, 0.3) is 11.3 Å². The summed E-state index contributed by atoms with van der Waals surface area (Å²) in [5.41, 5.74) is 3.62. The van der Waals surface area contributed by atoms with Crippen LogP contribution in [-0.2, 0) is 7.05 Å². The third-order valence-electron chi connectivity index (χ3n) is 3.80. The molecule has 0 saturated carbocycles. The van der Waals surface area contributed by atoms with Gasteiger partial charge < -0.3 is 4.74 Å². The average molecular weight is 307 g/mol. The fourth-order valence-corrected chi connectivity index (χ4v) is 3.79. The summed E-state index contributed by atoms with van der Waals surface area (Å²) in [6.07, 6.45) is 3.87. The molecule has 3 aromatic rings. The summed E-state index contributed by atoms with van der Waals surface area (Å²) in [5, 5.41) is 0.917. The topological polar surface area (TPSA) is 26.0 Å².